The monoisotopic (exact) mass is 287 g/mol. The average molecular weight is 287 g/mol. The standard InChI is InChI=1S/C10H13N3O5S/c1-3-16-8(14)7(6-5-19-9(11)12-6)13-18-10(15)17-4-2/h5H,3-4H2,1-2H3,(H2,11,12). The molecule has 1 heterocycles. The Morgan fingerprint density at radius 1 is 1.37 bits per heavy atom. The molecular formula is C10H13N3O5S. The summed E-state index contributed by atoms with van der Waals surface area (Å²) in [4.78, 5) is 31.0. The zero-order valence-electron chi connectivity index (χ0n) is 10.4. The second-order valence-corrected chi connectivity index (χ2v) is 3.90. The van der Waals surface area contributed by atoms with Crippen LogP contribution in [0.15, 0.2) is 10.5 Å². The van der Waals surface area contributed by atoms with E-state index in [-0.39, 0.29) is 29.8 Å². The van der Waals surface area contributed by atoms with E-state index in [0.717, 1.165) is 11.3 Å². The van der Waals surface area contributed by atoms with Crippen LogP contribution >= 0.6 is 11.3 Å². The van der Waals surface area contributed by atoms with Gasteiger partial charge >= 0.3 is 12.1 Å². The number of anilines is 1. The molecule has 0 aliphatic rings. The molecule has 104 valence electrons. The van der Waals surface area contributed by atoms with Crippen molar-refractivity contribution < 1.29 is 23.9 Å². The van der Waals surface area contributed by atoms with E-state index in [1.54, 1.807) is 13.8 Å². The SMILES string of the molecule is CCOC(=O)ON=C(C(=O)OCC)c1csc(N)n1. The fourth-order valence-corrected chi connectivity index (χ4v) is 1.56. The third-order valence-electron chi connectivity index (χ3n) is 1.71. The molecule has 1 rings (SSSR count). The van der Waals surface area contributed by atoms with Gasteiger partial charge in [-0.15, -0.1) is 11.3 Å². The lowest BCUT2D eigenvalue weighted by molar-refractivity contribution is -0.135. The van der Waals surface area contributed by atoms with Crippen molar-refractivity contribution in [2.24, 2.45) is 5.16 Å². The van der Waals surface area contributed by atoms with E-state index in [1.807, 2.05) is 0 Å². The Morgan fingerprint density at radius 2 is 2.05 bits per heavy atom. The Balaban J connectivity index is 2.89. The number of nitrogen functional groups attached to an aromatic ring is 1. The molecule has 1 aromatic rings. The van der Waals surface area contributed by atoms with Gasteiger partial charge in [0.25, 0.3) is 0 Å². The highest BCUT2D eigenvalue weighted by atomic mass is 32.1. The van der Waals surface area contributed by atoms with Gasteiger partial charge in [0.2, 0.25) is 5.71 Å². The van der Waals surface area contributed by atoms with E-state index in [2.05, 4.69) is 19.7 Å². The number of rotatable bonds is 5. The molecule has 0 radical (unpaired) electrons. The summed E-state index contributed by atoms with van der Waals surface area (Å²) in [6.07, 6.45) is -1.02. The molecule has 1 aromatic heterocycles. The molecule has 0 aromatic carbocycles. The van der Waals surface area contributed by atoms with E-state index in [0.29, 0.717) is 0 Å². The first kappa shape index (κ1) is 14.9. The third kappa shape index (κ3) is 4.54. The summed E-state index contributed by atoms with van der Waals surface area (Å²) in [5.74, 6) is -0.767. The molecule has 0 spiro atoms. The molecule has 9 heteroatoms. The number of carbonyl (C=O) groups excluding carboxylic acids is 2. The number of esters is 1. The summed E-state index contributed by atoms with van der Waals surface area (Å²) in [6.45, 7) is 3.53. The van der Waals surface area contributed by atoms with Crippen LogP contribution in [0.1, 0.15) is 19.5 Å². The van der Waals surface area contributed by atoms with Gasteiger partial charge < -0.3 is 15.2 Å². The van der Waals surface area contributed by atoms with Gasteiger partial charge in [0.15, 0.2) is 5.13 Å². The zero-order valence-corrected chi connectivity index (χ0v) is 11.2. The summed E-state index contributed by atoms with van der Waals surface area (Å²) in [7, 11) is 0. The maximum atomic E-state index is 11.7. The van der Waals surface area contributed by atoms with Crippen molar-refractivity contribution in [1.29, 1.82) is 0 Å². The number of thiazole rings is 1. The Kier molecular flexibility index (Phi) is 5.73. The first-order chi connectivity index (χ1) is 9.08. The number of ether oxygens (including phenoxy) is 2. The molecular weight excluding hydrogens is 274 g/mol. The summed E-state index contributed by atoms with van der Waals surface area (Å²) < 4.78 is 9.29. The van der Waals surface area contributed by atoms with Crippen LogP contribution in [-0.2, 0) is 19.1 Å². The molecule has 0 saturated carbocycles. The molecule has 0 saturated heterocycles. The quantitative estimate of drug-likeness (QED) is 0.374. The molecule has 0 unspecified atom stereocenters. The number of hydrogen-bond donors (Lipinski definition) is 1. The maximum Gasteiger partial charge on any atom is 0.535 e. The molecule has 19 heavy (non-hydrogen) atoms. The highest BCUT2D eigenvalue weighted by molar-refractivity contribution is 7.13. The van der Waals surface area contributed by atoms with E-state index in [9.17, 15) is 9.59 Å². The lowest BCUT2D eigenvalue weighted by Gasteiger charge is -2.03. The van der Waals surface area contributed by atoms with Crippen LogP contribution in [0.4, 0.5) is 9.93 Å². The largest absolute Gasteiger partial charge is 0.535 e. The minimum absolute atomic E-state index is 0.132. The van der Waals surface area contributed by atoms with Crippen LogP contribution in [0.5, 0.6) is 0 Å². The van der Waals surface area contributed by atoms with E-state index in [1.165, 1.54) is 5.38 Å². The first-order valence-electron chi connectivity index (χ1n) is 5.38. The Labute approximate surface area is 113 Å². The van der Waals surface area contributed by atoms with Gasteiger partial charge in [-0.25, -0.2) is 14.6 Å². The van der Waals surface area contributed by atoms with Crippen molar-refractivity contribution in [3.8, 4) is 0 Å². The Hall–Kier alpha value is -2.16. The molecule has 0 amide bonds. The molecule has 0 fully saturated rings. The van der Waals surface area contributed by atoms with E-state index < -0.39 is 12.1 Å². The van der Waals surface area contributed by atoms with Gasteiger partial charge in [-0.3, -0.25) is 4.84 Å². The summed E-state index contributed by atoms with van der Waals surface area (Å²) in [5.41, 5.74) is 5.39. The van der Waals surface area contributed by atoms with Crippen LogP contribution in [0, 0.1) is 0 Å². The van der Waals surface area contributed by atoms with Crippen molar-refractivity contribution in [2.75, 3.05) is 18.9 Å². The number of oxime groups is 1. The van der Waals surface area contributed by atoms with Crippen LogP contribution < -0.4 is 5.73 Å². The summed E-state index contributed by atoms with van der Waals surface area (Å²) in [5, 5.41) is 5.15. The van der Waals surface area contributed by atoms with Crippen molar-refractivity contribution in [3.63, 3.8) is 0 Å². The number of aromatic nitrogens is 1. The lowest BCUT2D eigenvalue weighted by atomic mass is 10.3. The molecule has 0 aliphatic carbocycles. The van der Waals surface area contributed by atoms with E-state index >= 15 is 0 Å². The normalized spacial score (nSPS) is 10.9. The van der Waals surface area contributed by atoms with Crippen molar-refractivity contribution >= 4 is 34.3 Å². The van der Waals surface area contributed by atoms with E-state index in [4.69, 9.17) is 10.5 Å². The van der Waals surface area contributed by atoms with Crippen LogP contribution in [0.2, 0.25) is 0 Å². The molecule has 0 atom stereocenters. The molecule has 0 bridgehead atoms. The minimum Gasteiger partial charge on any atom is -0.461 e. The molecule has 8 nitrogen and oxygen atoms in total. The van der Waals surface area contributed by atoms with Crippen LogP contribution in [0.3, 0.4) is 0 Å². The number of nitrogens with zero attached hydrogens (tertiary/aromatic N) is 2. The van der Waals surface area contributed by atoms with Gasteiger partial charge in [0.1, 0.15) is 5.69 Å². The number of carbonyl (C=O) groups is 2. The zero-order chi connectivity index (χ0) is 14.3. The first-order valence-corrected chi connectivity index (χ1v) is 6.26. The van der Waals surface area contributed by atoms with Crippen LogP contribution in [-0.4, -0.2) is 36.0 Å². The van der Waals surface area contributed by atoms with Gasteiger partial charge in [-0.05, 0) is 13.8 Å². The summed E-state index contributed by atoms with van der Waals surface area (Å²) >= 11 is 1.12. The smallest absolute Gasteiger partial charge is 0.461 e. The maximum absolute atomic E-state index is 11.7. The van der Waals surface area contributed by atoms with Gasteiger partial charge in [0.05, 0.1) is 13.2 Å². The van der Waals surface area contributed by atoms with Crippen molar-refractivity contribution in [1.82, 2.24) is 4.98 Å². The number of hydrogen-bond acceptors (Lipinski definition) is 9. The van der Waals surface area contributed by atoms with Gasteiger partial charge in [0, 0.05) is 5.38 Å². The second-order valence-electron chi connectivity index (χ2n) is 3.01. The average Bonchev–Trinajstić information content (AvgIpc) is 2.77. The molecule has 0 aliphatic heterocycles. The van der Waals surface area contributed by atoms with Crippen LogP contribution in [0.25, 0.3) is 0 Å². The predicted octanol–water partition coefficient (Wildman–Crippen LogP) is 1.17. The van der Waals surface area contributed by atoms with Gasteiger partial charge in [-0.2, -0.15) is 0 Å². The lowest BCUT2D eigenvalue weighted by Crippen LogP contribution is -2.20. The Bertz CT molecular complexity index is 485. The fourth-order valence-electron chi connectivity index (χ4n) is 1.01. The fraction of sp³-hybridized carbons (Fsp3) is 0.400. The highest BCUT2D eigenvalue weighted by Crippen LogP contribution is 2.13. The third-order valence-corrected chi connectivity index (χ3v) is 2.38. The molecule has 2 N–H and O–H groups in total. The summed E-state index contributed by atoms with van der Waals surface area (Å²) in [6, 6.07) is 0. The minimum atomic E-state index is -1.02. The Morgan fingerprint density at radius 3 is 2.58 bits per heavy atom. The number of nitrogens with two attached hydrogens (primary N) is 1. The highest BCUT2D eigenvalue weighted by Gasteiger charge is 2.20. The second kappa shape index (κ2) is 7.31. The van der Waals surface area contributed by atoms with Crippen molar-refractivity contribution in [2.45, 2.75) is 13.8 Å². The van der Waals surface area contributed by atoms with Crippen molar-refractivity contribution in [3.05, 3.63) is 11.1 Å². The topological polar surface area (TPSA) is 113 Å². The predicted molar refractivity (Wildman–Crippen MR) is 67.8 cm³/mol. The van der Waals surface area contributed by atoms with Gasteiger partial charge in [-0.1, -0.05) is 5.16 Å².